The Kier molecular flexibility index (Phi) is 8.69. The zero-order chi connectivity index (χ0) is 18.4. The van der Waals surface area contributed by atoms with E-state index in [0.29, 0.717) is 19.5 Å². The number of alkyl halides is 1. The van der Waals surface area contributed by atoms with Crippen LogP contribution < -0.4 is 11.1 Å². The molecule has 0 aromatic rings. The molecule has 0 rings (SSSR count). The fourth-order valence-electron chi connectivity index (χ4n) is 1.86. The lowest BCUT2D eigenvalue weighted by Gasteiger charge is -2.30. The van der Waals surface area contributed by atoms with E-state index in [1.54, 1.807) is 27.8 Å². The van der Waals surface area contributed by atoms with E-state index in [2.05, 4.69) is 27.9 Å². The van der Waals surface area contributed by atoms with Crippen LogP contribution in [0.4, 0.5) is 0 Å². The Hall–Kier alpha value is -0.700. The number of hydrogen-bond donors (Lipinski definition) is 2. The second kappa shape index (κ2) is 8.96. The third-order valence-corrected chi connectivity index (χ3v) is 3.78. The van der Waals surface area contributed by atoms with Gasteiger partial charge in [0.2, 0.25) is 11.8 Å². The Labute approximate surface area is 153 Å². The van der Waals surface area contributed by atoms with E-state index in [1.165, 1.54) is 4.90 Å². The predicted octanol–water partition coefficient (Wildman–Crippen LogP) is 1.50. The number of nitrogens with two attached hydrogens (primary N) is 1. The largest absolute Gasteiger partial charge is 0.353 e. The Bertz CT molecular complexity index is 439. The quantitative estimate of drug-likeness (QED) is 0.443. The molecule has 0 aliphatic carbocycles. The van der Waals surface area contributed by atoms with Crippen molar-refractivity contribution in [1.82, 2.24) is 10.2 Å². The van der Waals surface area contributed by atoms with Gasteiger partial charge in [-0.3, -0.25) is 14.4 Å². The number of rotatable bonds is 8. The Balaban J connectivity index is 5.21. The lowest BCUT2D eigenvalue weighted by Crippen LogP contribution is -2.51. The number of carbonyl (C=O) groups excluding carboxylic acids is 3. The van der Waals surface area contributed by atoms with Crippen LogP contribution in [0.15, 0.2) is 0 Å². The zero-order valence-electron chi connectivity index (χ0n) is 15.0. The summed E-state index contributed by atoms with van der Waals surface area (Å²) in [5.41, 5.74) is 4.85. The van der Waals surface area contributed by atoms with Gasteiger partial charge >= 0.3 is 0 Å². The van der Waals surface area contributed by atoms with Gasteiger partial charge in [-0.2, -0.15) is 0 Å². The molecule has 134 valence electrons. The predicted molar refractivity (Wildman–Crippen MR) is 100 cm³/mol. The molecule has 23 heavy (non-hydrogen) atoms. The number of ketones is 1. The number of hydrogen-bond acceptors (Lipinski definition) is 4. The Morgan fingerprint density at radius 1 is 1.17 bits per heavy atom. The highest BCUT2D eigenvalue weighted by Crippen LogP contribution is 2.24. The van der Waals surface area contributed by atoms with Crippen LogP contribution in [0.3, 0.4) is 0 Å². The van der Waals surface area contributed by atoms with Gasteiger partial charge in [-0.05, 0) is 0 Å². The van der Waals surface area contributed by atoms with Crippen molar-refractivity contribution in [1.29, 1.82) is 0 Å². The van der Waals surface area contributed by atoms with Crippen molar-refractivity contribution >= 4 is 40.2 Å². The normalized spacial score (nSPS) is 13.4. The molecule has 0 heterocycles. The van der Waals surface area contributed by atoms with Gasteiger partial charge in [-0.25, -0.2) is 0 Å². The lowest BCUT2D eigenvalue weighted by atomic mass is 9.86. The molecule has 2 amide bonds. The maximum Gasteiger partial charge on any atom is 0.243 e. The van der Waals surface area contributed by atoms with Crippen LogP contribution in [0.2, 0.25) is 0 Å². The third kappa shape index (κ3) is 8.64. The fraction of sp³-hybridized carbons (Fsp3) is 0.812. The van der Waals surface area contributed by atoms with Gasteiger partial charge in [0.05, 0.1) is 0 Å². The average molecular weight is 439 g/mol. The average Bonchev–Trinajstić information content (AvgIpc) is 2.37. The summed E-state index contributed by atoms with van der Waals surface area (Å²) in [4.78, 5) is 38.5. The molecule has 0 fully saturated rings. The first-order chi connectivity index (χ1) is 10.3. The molecule has 0 aliphatic rings. The Morgan fingerprint density at radius 3 is 2.09 bits per heavy atom. The van der Waals surface area contributed by atoms with E-state index in [-0.39, 0.29) is 27.4 Å². The highest BCUT2D eigenvalue weighted by molar-refractivity contribution is 14.1. The molecule has 0 radical (unpaired) electrons. The summed E-state index contributed by atoms with van der Waals surface area (Å²) in [6.45, 7) is 9.94. The number of nitrogens with one attached hydrogen (secondary N) is 1. The van der Waals surface area contributed by atoms with Gasteiger partial charge in [0.1, 0.15) is 11.8 Å². The molecule has 0 bridgehead atoms. The molecule has 6 nitrogen and oxygen atoms in total. The van der Waals surface area contributed by atoms with Gasteiger partial charge in [0.15, 0.2) is 0 Å². The minimum absolute atomic E-state index is 0.00379. The highest BCUT2D eigenvalue weighted by atomic mass is 127. The van der Waals surface area contributed by atoms with E-state index in [0.717, 1.165) is 0 Å². The summed E-state index contributed by atoms with van der Waals surface area (Å²) >= 11 is 2.20. The first-order valence-corrected chi connectivity index (χ1v) is 8.83. The summed E-state index contributed by atoms with van der Waals surface area (Å²) in [7, 11) is 1.58. The molecule has 1 unspecified atom stereocenters. The van der Waals surface area contributed by atoms with E-state index >= 15 is 0 Å². The number of carbonyl (C=O) groups is 3. The molecular formula is C16H30IN3O3. The summed E-state index contributed by atoms with van der Waals surface area (Å²) in [6.07, 6.45) is 0.304. The maximum absolute atomic E-state index is 12.4. The summed E-state index contributed by atoms with van der Waals surface area (Å²) < 4.78 is -0.213. The number of nitrogens with zero attached hydrogens (tertiary/aromatic N) is 1. The summed E-state index contributed by atoms with van der Waals surface area (Å²) in [5, 5.41) is 2.68. The first-order valence-electron chi connectivity index (χ1n) is 7.75. The topological polar surface area (TPSA) is 92.5 Å². The molecule has 0 aromatic heterocycles. The number of halogens is 1. The molecule has 0 saturated carbocycles. The smallest absolute Gasteiger partial charge is 0.243 e. The van der Waals surface area contributed by atoms with Gasteiger partial charge in [-0.15, -0.1) is 0 Å². The molecule has 0 aliphatic heterocycles. The fourth-order valence-corrected chi connectivity index (χ4v) is 2.18. The van der Waals surface area contributed by atoms with Crippen molar-refractivity contribution in [2.75, 3.05) is 20.1 Å². The van der Waals surface area contributed by atoms with E-state index in [1.807, 2.05) is 13.8 Å². The van der Waals surface area contributed by atoms with Crippen LogP contribution in [0, 0.1) is 5.41 Å². The number of likely N-dealkylation sites (N-methyl/N-ethyl adjacent to an activating group) is 1. The highest BCUT2D eigenvalue weighted by Gasteiger charge is 2.34. The number of Topliss-reactive ketones (excluding diaryl/α,β-unsaturated/α-hetero) is 1. The molecule has 0 aromatic carbocycles. The van der Waals surface area contributed by atoms with Crippen molar-refractivity contribution in [3.63, 3.8) is 0 Å². The van der Waals surface area contributed by atoms with Gasteiger partial charge < -0.3 is 16.0 Å². The van der Waals surface area contributed by atoms with Crippen LogP contribution in [0.25, 0.3) is 0 Å². The molecular weight excluding hydrogens is 409 g/mol. The Morgan fingerprint density at radius 2 is 1.70 bits per heavy atom. The number of amides is 2. The molecule has 7 heteroatoms. The van der Waals surface area contributed by atoms with Crippen LogP contribution in [0.5, 0.6) is 0 Å². The van der Waals surface area contributed by atoms with Crippen molar-refractivity contribution in [2.24, 2.45) is 11.1 Å². The van der Waals surface area contributed by atoms with Crippen LogP contribution in [0.1, 0.15) is 47.5 Å². The lowest BCUT2D eigenvalue weighted by molar-refractivity contribution is -0.142. The van der Waals surface area contributed by atoms with E-state index in [9.17, 15) is 14.4 Å². The standard InChI is InChI=1S/C16H30IN3O3/c1-15(2,3)12(21)9-11(14(23)19-8-7-18)20(6)13(22)10-16(4,5)17/h11H,7-10,18H2,1-6H3,(H,19,23). The van der Waals surface area contributed by atoms with Gasteiger partial charge in [0.25, 0.3) is 0 Å². The van der Waals surface area contributed by atoms with Gasteiger partial charge in [-0.1, -0.05) is 57.2 Å². The molecule has 0 spiro atoms. The van der Waals surface area contributed by atoms with Crippen LogP contribution in [-0.2, 0) is 14.4 Å². The monoisotopic (exact) mass is 439 g/mol. The van der Waals surface area contributed by atoms with Crippen molar-refractivity contribution in [3.05, 3.63) is 0 Å². The molecule has 3 N–H and O–H groups in total. The van der Waals surface area contributed by atoms with E-state index < -0.39 is 11.5 Å². The van der Waals surface area contributed by atoms with Crippen molar-refractivity contribution in [2.45, 2.75) is 56.9 Å². The second-order valence-electron chi connectivity index (χ2n) is 7.37. The summed E-state index contributed by atoms with van der Waals surface area (Å²) in [5.74, 6) is -0.548. The van der Waals surface area contributed by atoms with Crippen LogP contribution >= 0.6 is 22.6 Å². The first kappa shape index (κ1) is 22.3. The molecule has 0 saturated heterocycles. The second-order valence-corrected chi connectivity index (χ2v) is 10.3. The van der Waals surface area contributed by atoms with Crippen LogP contribution in [-0.4, -0.2) is 52.1 Å². The minimum atomic E-state index is -0.806. The third-order valence-electron chi connectivity index (χ3n) is 3.39. The van der Waals surface area contributed by atoms with Gasteiger partial charge in [0, 0.05) is 41.8 Å². The maximum atomic E-state index is 12.4. The SMILES string of the molecule is CN(C(=O)CC(C)(C)I)C(CC(=O)C(C)(C)C)C(=O)NCCN. The van der Waals surface area contributed by atoms with Crippen molar-refractivity contribution < 1.29 is 14.4 Å². The summed E-state index contributed by atoms with van der Waals surface area (Å²) in [6, 6.07) is -0.806. The molecule has 1 atom stereocenters. The van der Waals surface area contributed by atoms with Crippen molar-refractivity contribution in [3.8, 4) is 0 Å². The van der Waals surface area contributed by atoms with E-state index in [4.69, 9.17) is 5.73 Å². The zero-order valence-corrected chi connectivity index (χ0v) is 17.2. The minimum Gasteiger partial charge on any atom is -0.353 e.